The Balaban J connectivity index is 2.26. The molecule has 0 atom stereocenters. The summed E-state index contributed by atoms with van der Waals surface area (Å²) in [6.07, 6.45) is 8.18. The lowest BCUT2D eigenvalue weighted by atomic mass is 9.75. The number of rotatable bonds is 5. The number of allylic oxidation sites excluding steroid dienone is 2. The van der Waals surface area contributed by atoms with Crippen LogP contribution in [0.3, 0.4) is 0 Å². The molecule has 0 aromatic carbocycles. The Morgan fingerprint density at radius 1 is 1.14 bits per heavy atom. The molecule has 0 unspecified atom stereocenters. The highest BCUT2D eigenvalue weighted by Gasteiger charge is 2.55. The van der Waals surface area contributed by atoms with Crippen molar-refractivity contribution < 1.29 is 19.1 Å². The summed E-state index contributed by atoms with van der Waals surface area (Å²) in [5, 5.41) is 0. The van der Waals surface area contributed by atoms with Crippen molar-refractivity contribution in [2.45, 2.75) is 52.4 Å². The summed E-state index contributed by atoms with van der Waals surface area (Å²) < 4.78 is 10.3. The van der Waals surface area contributed by atoms with Gasteiger partial charge in [-0.25, -0.2) is 0 Å². The van der Waals surface area contributed by atoms with Crippen molar-refractivity contribution in [1.29, 1.82) is 0 Å². The third-order valence-corrected chi connectivity index (χ3v) is 4.78. The third-order valence-electron chi connectivity index (χ3n) is 4.78. The highest BCUT2D eigenvalue weighted by atomic mass is 16.6. The molecule has 0 aliphatic heterocycles. The van der Waals surface area contributed by atoms with Crippen LogP contribution in [0.15, 0.2) is 23.8 Å². The summed E-state index contributed by atoms with van der Waals surface area (Å²) in [6.45, 7) is 8.07. The molecule has 0 amide bonds. The fraction of sp³-hybridized carbons (Fsp3) is 0.667. The van der Waals surface area contributed by atoms with Gasteiger partial charge in [0.2, 0.25) is 0 Å². The molecule has 2 rings (SSSR count). The lowest BCUT2D eigenvalue weighted by molar-refractivity contribution is -0.168. The van der Waals surface area contributed by atoms with E-state index in [0.29, 0.717) is 17.9 Å². The van der Waals surface area contributed by atoms with Gasteiger partial charge >= 0.3 is 11.9 Å². The van der Waals surface area contributed by atoms with Crippen molar-refractivity contribution in [3.8, 4) is 0 Å². The molecule has 4 nitrogen and oxygen atoms in total. The van der Waals surface area contributed by atoms with Crippen LogP contribution in [0, 0.1) is 11.3 Å². The molecule has 122 valence electrons. The van der Waals surface area contributed by atoms with Gasteiger partial charge in [-0.1, -0.05) is 31.9 Å². The van der Waals surface area contributed by atoms with E-state index in [-0.39, 0.29) is 13.2 Å². The van der Waals surface area contributed by atoms with Crippen molar-refractivity contribution in [3.05, 3.63) is 23.8 Å². The molecule has 0 saturated heterocycles. The first kappa shape index (κ1) is 16.8. The minimum atomic E-state index is -1.36. The highest BCUT2D eigenvalue weighted by Crippen LogP contribution is 2.49. The van der Waals surface area contributed by atoms with Crippen LogP contribution in [-0.2, 0) is 19.1 Å². The van der Waals surface area contributed by atoms with Crippen molar-refractivity contribution in [3.63, 3.8) is 0 Å². The number of esters is 2. The number of hydrogen-bond donors (Lipinski definition) is 0. The van der Waals surface area contributed by atoms with Gasteiger partial charge in [0.25, 0.3) is 0 Å². The average molecular weight is 306 g/mol. The molecule has 0 spiro atoms. The van der Waals surface area contributed by atoms with Gasteiger partial charge in [0.1, 0.15) is 0 Å². The largest absolute Gasteiger partial charge is 0.465 e. The van der Waals surface area contributed by atoms with Gasteiger partial charge in [0, 0.05) is 0 Å². The van der Waals surface area contributed by atoms with Crippen LogP contribution in [-0.4, -0.2) is 25.2 Å². The molecular formula is C18H26O4. The number of carbonyl (C=O) groups is 2. The SMILES string of the molecule is C=C1C(C2CCCCC2)=CCC1(C(=O)OCC)C(=O)OCC. The first-order valence-electron chi connectivity index (χ1n) is 8.32. The van der Waals surface area contributed by atoms with E-state index >= 15 is 0 Å². The Labute approximate surface area is 132 Å². The first-order valence-corrected chi connectivity index (χ1v) is 8.32. The Morgan fingerprint density at radius 2 is 1.68 bits per heavy atom. The van der Waals surface area contributed by atoms with Crippen LogP contribution in [0.1, 0.15) is 52.4 Å². The molecule has 0 aromatic heterocycles. The van der Waals surface area contributed by atoms with Crippen LogP contribution in [0.4, 0.5) is 0 Å². The lowest BCUT2D eigenvalue weighted by Gasteiger charge is -2.30. The Kier molecular flexibility index (Phi) is 5.43. The van der Waals surface area contributed by atoms with Crippen molar-refractivity contribution in [2.24, 2.45) is 11.3 Å². The molecule has 1 saturated carbocycles. The predicted octanol–water partition coefficient (Wildman–Crippen LogP) is 3.57. The monoisotopic (exact) mass is 306 g/mol. The van der Waals surface area contributed by atoms with Crippen LogP contribution in [0.25, 0.3) is 0 Å². The fourth-order valence-electron chi connectivity index (χ4n) is 3.59. The van der Waals surface area contributed by atoms with E-state index in [1.807, 2.05) is 6.08 Å². The van der Waals surface area contributed by atoms with Gasteiger partial charge < -0.3 is 9.47 Å². The van der Waals surface area contributed by atoms with Gasteiger partial charge in [0.15, 0.2) is 5.41 Å². The molecule has 0 bridgehead atoms. The van der Waals surface area contributed by atoms with E-state index in [0.717, 1.165) is 18.4 Å². The summed E-state index contributed by atoms with van der Waals surface area (Å²) in [5.74, 6) is -0.645. The Morgan fingerprint density at radius 3 is 2.18 bits per heavy atom. The molecule has 1 fully saturated rings. The van der Waals surface area contributed by atoms with E-state index in [9.17, 15) is 9.59 Å². The smallest absolute Gasteiger partial charge is 0.328 e. The second-order valence-corrected chi connectivity index (χ2v) is 6.02. The molecule has 2 aliphatic carbocycles. The second-order valence-electron chi connectivity index (χ2n) is 6.02. The quantitative estimate of drug-likeness (QED) is 0.575. The lowest BCUT2D eigenvalue weighted by Crippen LogP contribution is -2.42. The molecule has 0 heterocycles. The molecule has 22 heavy (non-hydrogen) atoms. The summed E-state index contributed by atoms with van der Waals surface area (Å²) in [5.41, 5.74) is 0.302. The second kappa shape index (κ2) is 7.12. The minimum absolute atomic E-state index is 0.242. The summed E-state index contributed by atoms with van der Waals surface area (Å²) in [4.78, 5) is 25.0. The summed E-state index contributed by atoms with van der Waals surface area (Å²) >= 11 is 0. The molecule has 0 aromatic rings. The van der Waals surface area contributed by atoms with Crippen LogP contribution in [0.2, 0.25) is 0 Å². The average Bonchev–Trinajstić information content (AvgIpc) is 2.87. The standard InChI is InChI=1S/C18H26O4/c1-4-21-16(19)18(17(20)22-5-2)12-11-15(13(18)3)14-9-7-6-8-10-14/h11,14H,3-10,12H2,1-2H3. The minimum Gasteiger partial charge on any atom is -0.465 e. The first-order chi connectivity index (χ1) is 10.6. The topological polar surface area (TPSA) is 52.6 Å². The van der Waals surface area contributed by atoms with Crippen LogP contribution >= 0.6 is 0 Å². The van der Waals surface area contributed by atoms with Gasteiger partial charge in [0.05, 0.1) is 13.2 Å². The molecular weight excluding hydrogens is 280 g/mol. The van der Waals surface area contributed by atoms with E-state index in [2.05, 4.69) is 6.58 Å². The Hall–Kier alpha value is -1.58. The zero-order valence-corrected chi connectivity index (χ0v) is 13.7. The van der Waals surface area contributed by atoms with E-state index in [1.165, 1.54) is 19.3 Å². The number of carbonyl (C=O) groups excluding carboxylic acids is 2. The van der Waals surface area contributed by atoms with Gasteiger partial charge in [-0.05, 0) is 50.2 Å². The van der Waals surface area contributed by atoms with Gasteiger partial charge in [-0.2, -0.15) is 0 Å². The van der Waals surface area contributed by atoms with Crippen molar-refractivity contribution in [1.82, 2.24) is 0 Å². The maximum atomic E-state index is 12.5. The van der Waals surface area contributed by atoms with E-state index in [4.69, 9.17) is 9.47 Å². The van der Waals surface area contributed by atoms with Crippen LogP contribution in [0.5, 0.6) is 0 Å². The van der Waals surface area contributed by atoms with Crippen molar-refractivity contribution in [2.75, 3.05) is 13.2 Å². The van der Waals surface area contributed by atoms with Crippen LogP contribution < -0.4 is 0 Å². The number of hydrogen-bond acceptors (Lipinski definition) is 4. The van der Waals surface area contributed by atoms with Gasteiger partial charge in [-0.15, -0.1) is 0 Å². The highest BCUT2D eigenvalue weighted by molar-refractivity contribution is 6.05. The predicted molar refractivity (Wildman–Crippen MR) is 84.1 cm³/mol. The van der Waals surface area contributed by atoms with E-state index in [1.54, 1.807) is 13.8 Å². The molecule has 2 aliphatic rings. The summed E-state index contributed by atoms with van der Waals surface area (Å²) in [6, 6.07) is 0. The maximum absolute atomic E-state index is 12.5. The van der Waals surface area contributed by atoms with E-state index < -0.39 is 17.4 Å². The zero-order chi connectivity index (χ0) is 16.2. The fourth-order valence-corrected chi connectivity index (χ4v) is 3.59. The molecule has 0 N–H and O–H groups in total. The maximum Gasteiger partial charge on any atom is 0.328 e. The van der Waals surface area contributed by atoms with Crippen molar-refractivity contribution >= 4 is 11.9 Å². The Bertz CT molecular complexity index is 465. The third kappa shape index (κ3) is 2.83. The number of ether oxygens (including phenoxy) is 2. The molecule has 4 heteroatoms. The summed E-state index contributed by atoms with van der Waals surface area (Å²) in [7, 11) is 0. The normalized spacial score (nSPS) is 21.4. The zero-order valence-electron chi connectivity index (χ0n) is 13.7. The van der Waals surface area contributed by atoms with Gasteiger partial charge in [-0.3, -0.25) is 9.59 Å². The molecule has 0 radical (unpaired) electrons.